The van der Waals surface area contributed by atoms with Crippen LogP contribution in [0, 0.1) is 5.41 Å². The Labute approximate surface area is 224 Å². The molecule has 1 aliphatic rings. The van der Waals surface area contributed by atoms with Gasteiger partial charge in [0.2, 0.25) is 5.91 Å². The molecular weight excluding hydrogens is 499 g/mol. The number of allylic oxidation sites excluding steroid dienone is 1. The number of hydrogen-bond acceptors (Lipinski definition) is 4. The molecule has 0 aromatic heterocycles. The van der Waals surface area contributed by atoms with E-state index in [-0.39, 0.29) is 17.7 Å². The number of carbonyl (C=O) groups excluding carboxylic acids is 2. The van der Waals surface area contributed by atoms with E-state index in [4.69, 9.17) is 32.8 Å². The lowest BCUT2D eigenvalue weighted by Crippen LogP contribution is -2.34. The van der Waals surface area contributed by atoms with Crippen molar-refractivity contribution in [1.82, 2.24) is 9.96 Å². The molecule has 0 unspecified atom stereocenters. The number of rotatable bonds is 9. The Morgan fingerprint density at radius 3 is 2.28 bits per heavy atom. The molecule has 0 radical (unpaired) electrons. The Morgan fingerprint density at radius 2 is 1.75 bits per heavy atom. The molecule has 2 amide bonds. The van der Waals surface area contributed by atoms with E-state index in [9.17, 15) is 9.59 Å². The van der Waals surface area contributed by atoms with Crippen molar-refractivity contribution in [3.05, 3.63) is 76.3 Å². The van der Waals surface area contributed by atoms with Crippen LogP contribution in [0.2, 0.25) is 5.02 Å². The largest absolute Gasteiger partial charge is 0.380 e. The van der Waals surface area contributed by atoms with Crippen molar-refractivity contribution in [2.45, 2.75) is 41.2 Å². The fourth-order valence-electron chi connectivity index (χ4n) is 3.64. The van der Waals surface area contributed by atoms with Gasteiger partial charge in [0.15, 0.2) is 0 Å². The number of benzene rings is 2. The Hall–Kier alpha value is -2.38. The second-order valence-corrected chi connectivity index (χ2v) is 9.86. The maximum absolute atomic E-state index is 12.1. The second-order valence-electron chi connectivity index (χ2n) is 9.18. The summed E-state index contributed by atoms with van der Waals surface area (Å²) in [5.41, 5.74) is 3.47. The van der Waals surface area contributed by atoms with E-state index in [0.29, 0.717) is 37.9 Å². The lowest BCUT2D eigenvalue weighted by Gasteiger charge is -2.26. The first-order chi connectivity index (χ1) is 17.1. The van der Waals surface area contributed by atoms with E-state index in [1.54, 1.807) is 4.90 Å². The quantitative estimate of drug-likeness (QED) is 0.284. The van der Waals surface area contributed by atoms with Crippen LogP contribution in [-0.4, -0.2) is 54.0 Å². The third-order valence-electron chi connectivity index (χ3n) is 5.53. The molecule has 3 rings (SSSR count). The van der Waals surface area contributed by atoms with Crippen LogP contribution in [0.25, 0.3) is 5.70 Å². The Morgan fingerprint density at radius 1 is 1.11 bits per heavy atom. The molecule has 1 heterocycles. The molecule has 0 saturated carbocycles. The van der Waals surface area contributed by atoms with Gasteiger partial charge in [0, 0.05) is 23.9 Å². The molecule has 1 fully saturated rings. The van der Waals surface area contributed by atoms with Crippen molar-refractivity contribution in [2.75, 3.05) is 32.2 Å². The van der Waals surface area contributed by atoms with Crippen LogP contribution in [0.3, 0.4) is 0 Å². The SMILES string of the molecule is CC1(C)CON(Cc2ccccc2Cl)C1=O.CCOCCN(C(=O)CCl)C(=C(C)C)c1ccccc1. The lowest BCUT2D eigenvalue weighted by molar-refractivity contribution is -0.165. The van der Waals surface area contributed by atoms with Crippen LogP contribution in [0.4, 0.5) is 0 Å². The molecule has 1 aliphatic heterocycles. The van der Waals surface area contributed by atoms with Gasteiger partial charge in [0.1, 0.15) is 5.88 Å². The summed E-state index contributed by atoms with van der Waals surface area (Å²) >= 11 is 11.8. The topological polar surface area (TPSA) is 59.1 Å². The smallest absolute Gasteiger partial charge is 0.254 e. The highest BCUT2D eigenvalue weighted by Gasteiger charge is 2.40. The van der Waals surface area contributed by atoms with Crippen molar-refractivity contribution in [2.24, 2.45) is 5.41 Å². The average molecular weight is 536 g/mol. The standard InChI is InChI=1S/C16H22ClNO2.C12H14ClNO2/c1-4-20-11-10-18(15(19)12-17)16(13(2)3)14-8-6-5-7-9-14;1-12(2)8-16-14(11(12)15)7-9-5-3-4-6-10(9)13/h5-9H,4,10-12H2,1-3H3;3-6H,7-8H2,1-2H3. The molecule has 196 valence electrons. The number of ether oxygens (including phenoxy) is 1. The predicted octanol–water partition coefficient (Wildman–Crippen LogP) is 6.18. The zero-order chi connectivity index (χ0) is 26.7. The number of nitrogens with zero attached hydrogens (tertiary/aromatic N) is 2. The van der Waals surface area contributed by atoms with Gasteiger partial charge in [0.05, 0.1) is 25.2 Å². The fraction of sp³-hybridized carbons (Fsp3) is 0.429. The van der Waals surface area contributed by atoms with Gasteiger partial charge in [-0.25, -0.2) is 5.06 Å². The summed E-state index contributed by atoms with van der Waals surface area (Å²) < 4.78 is 5.36. The number of hydroxylamine groups is 2. The second kappa shape index (κ2) is 14.4. The zero-order valence-corrected chi connectivity index (χ0v) is 23.2. The minimum atomic E-state index is -0.429. The van der Waals surface area contributed by atoms with Gasteiger partial charge >= 0.3 is 0 Å². The first-order valence-electron chi connectivity index (χ1n) is 12.0. The van der Waals surface area contributed by atoms with E-state index in [1.807, 2.05) is 89.2 Å². The van der Waals surface area contributed by atoms with Crippen LogP contribution in [0.5, 0.6) is 0 Å². The molecular formula is C28H36Cl2N2O4. The summed E-state index contributed by atoms with van der Waals surface area (Å²) in [6.07, 6.45) is 0. The first kappa shape index (κ1) is 29.8. The first-order valence-corrected chi connectivity index (χ1v) is 12.9. The molecule has 0 bridgehead atoms. The summed E-state index contributed by atoms with van der Waals surface area (Å²) in [5, 5.41) is 2.05. The van der Waals surface area contributed by atoms with Crippen molar-refractivity contribution in [3.63, 3.8) is 0 Å². The number of halogens is 2. The van der Waals surface area contributed by atoms with Gasteiger partial charge in [0.25, 0.3) is 5.91 Å². The lowest BCUT2D eigenvalue weighted by atomic mass is 9.95. The van der Waals surface area contributed by atoms with Gasteiger partial charge in [-0.1, -0.05) is 65.7 Å². The molecule has 36 heavy (non-hydrogen) atoms. The Kier molecular flexibility index (Phi) is 11.9. The highest BCUT2D eigenvalue weighted by molar-refractivity contribution is 6.31. The molecule has 1 saturated heterocycles. The Balaban J connectivity index is 0.000000259. The number of carbonyl (C=O) groups is 2. The maximum Gasteiger partial charge on any atom is 0.254 e. The van der Waals surface area contributed by atoms with E-state index in [1.165, 1.54) is 5.06 Å². The molecule has 0 atom stereocenters. The predicted molar refractivity (Wildman–Crippen MR) is 145 cm³/mol. The van der Waals surface area contributed by atoms with Crippen molar-refractivity contribution in [3.8, 4) is 0 Å². The van der Waals surface area contributed by atoms with Crippen molar-refractivity contribution >= 4 is 40.7 Å². The van der Waals surface area contributed by atoms with Gasteiger partial charge in [-0.05, 0) is 51.8 Å². The van der Waals surface area contributed by atoms with E-state index in [2.05, 4.69) is 0 Å². The molecule has 6 nitrogen and oxygen atoms in total. The average Bonchev–Trinajstić information content (AvgIpc) is 3.12. The van der Waals surface area contributed by atoms with E-state index < -0.39 is 5.41 Å². The van der Waals surface area contributed by atoms with Crippen molar-refractivity contribution < 1.29 is 19.2 Å². The van der Waals surface area contributed by atoms with Crippen molar-refractivity contribution in [1.29, 1.82) is 0 Å². The van der Waals surface area contributed by atoms with Crippen LogP contribution < -0.4 is 0 Å². The summed E-state index contributed by atoms with van der Waals surface area (Å²) in [6, 6.07) is 17.3. The summed E-state index contributed by atoms with van der Waals surface area (Å²) in [6.45, 7) is 12.2. The molecule has 0 N–H and O–H groups in total. The number of hydrogen-bond donors (Lipinski definition) is 0. The van der Waals surface area contributed by atoms with Gasteiger partial charge in [-0.3, -0.25) is 14.4 Å². The zero-order valence-electron chi connectivity index (χ0n) is 21.7. The van der Waals surface area contributed by atoms with Crippen LogP contribution in [0.1, 0.15) is 45.7 Å². The summed E-state index contributed by atoms with van der Waals surface area (Å²) in [7, 11) is 0. The highest BCUT2D eigenvalue weighted by atomic mass is 35.5. The third kappa shape index (κ3) is 8.34. The molecule has 0 spiro atoms. The minimum Gasteiger partial charge on any atom is -0.380 e. The third-order valence-corrected chi connectivity index (χ3v) is 6.13. The monoisotopic (exact) mass is 534 g/mol. The van der Waals surface area contributed by atoms with E-state index in [0.717, 1.165) is 22.4 Å². The molecule has 2 aromatic carbocycles. The van der Waals surface area contributed by atoms with Crippen LogP contribution in [-0.2, 0) is 25.7 Å². The highest BCUT2D eigenvalue weighted by Crippen LogP contribution is 2.29. The maximum atomic E-state index is 12.1. The van der Waals surface area contributed by atoms with E-state index >= 15 is 0 Å². The van der Waals surface area contributed by atoms with Gasteiger partial charge < -0.3 is 9.64 Å². The van der Waals surface area contributed by atoms with Gasteiger partial charge in [-0.2, -0.15) is 0 Å². The fourth-order valence-corrected chi connectivity index (χ4v) is 3.98. The summed E-state index contributed by atoms with van der Waals surface area (Å²) in [5.74, 6) is -0.130. The Bertz CT molecular complexity index is 1040. The number of amides is 2. The normalized spacial score (nSPS) is 14.2. The van der Waals surface area contributed by atoms with Crippen LogP contribution in [0.15, 0.2) is 60.2 Å². The minimum absolute atomic E-state index is 0.00687. The summed E-state index contributed by atoms with van der Waals surface area (Å²) in [4.78, 5) is 31.1. The number of alkyl halides is 1. The molecule has 0 aliphatic carbocycles. The molecule has 2 aromatic rings. The van der Waals surface area contributed by atoms with Crippen LogP contribution >= 0.6 is 23.2 Å². The van der Waals surface area contributed by atoms with Gasteiger partial charge in [-0.15, -0.1) is 11.6 Å². The molecule has 8 heteroatoms.